The summed E-state index contributed by atoms with van der Waals surface area (Å²) in [4.78, 5) is 68.4. The molecule has 0 aromatic heterocycles. The highest BCUT2D eigenvalue weighted by Crippen LogP contribution is 2.40. The fraction of sp³-hybridized carbons (Fsp3) is 0.440. The van der Waals surface area contributed by atoms with E-state index in [2.05, 4.69) is 15.3 Å². The zero-order chi connectivity index (χ0) is 31.0. The lowest BCUT2D eigenvalue weighted by Gasteiger charge is -2.49. The molecule has 0 bridgehead atoms. The number of ketones is 1. The number of amides is 2. The van der Waals surface area contributed by atoms with Gasteiger partial charge in [0.1, 0.15) is 30.8 Å². The van der Waals surface area contributed by atoms with E-state index < -0.39 is 70.2 Å². The van der Waals surface area contributed by atoms with Crippen molar-refractivity contribution in [1.29, 1.82) is 0 Å². The molecule has 2 aliphatic rings. The third-order valence-electron chi connectivity index (χ3n) is 5.86. The molecule has 2 amide bonds. The van der Waals surface area contributed by atoms with Gasteiger partial charge in [-0.3, -0.25) is 28.3 Å². The van der Waals surface area contributed by atoms with Crippen molar-refractivity contribution in [1.82, 2.24) is 10.2 Å². The number of rotatable bonds is 14. The van der Waals surface area contributed by atoms with Crippen molar-refractivity contribution in [2.45, 2.75) is 36.6 Å². The predicted octanol–water partition coefficient (Wildman–Crippen LogP) is 0.0261. The highest BCUT2D eigenvalue weighted by molar-refractivity contribution is 8.00. The van der Waals surface area contributed by atoms with Gasteiger partial charge in [0.2, 0.25) is 18.3 Å². The van der Waals surface area contributed by atoms with E-state index in [1.807, 2.05) is 0 Å². The first-order chi connectivity index (χ1) is 19.9. The summed E-state index contributed by atoms with van der Waals surface area (Å²) in [5, 5.41) is 5.00. The first-order valence-corrected chi connectivity index (χ1v) is 14.8. The molecule has 0 saturated carbocycles. The molecule has 0 aliphatic carbocycles. The number of hydrogen-bond donors (Lipinski definition) is 1. The van der Waals surface area contributed by atoms with Crippen LogP contribution in [-0.4, -0.2) is 100.0 Å². The van der Waals surface area contributed by atoms with Crippen LogP contribution in [0.2, 0.25) is 0 Å². The zero-order valence-electron chi connectivity index (χ0n) is 23.1. The Bertz CT molecular complexity index is 1410. The second-order valence-corrected chi connectivity index (χ2v) is 11.5. The SMILES string of the molecule is CCC(=O)OCOC(=O)C1=C(COC)CS[C@H]2C(NC(=O)C(=NOC)C(=O)COS(=O)(=O)c3ccc(C)cc3)C(=O)N12. The van der Waals surface area contributed by atoms with Crippen LogP contribution in [0.1, 0.15) is 18.9 Å². The van der Waals surface area contributed by atoms with E-state index in [-0.39, 0.29) is 29.4 Å². The van der Waals surface area contributed by atoms with Gasteiger partial charge in [-0.2, -0.15) is 8.42 Å². The van der Waals surface area contributed by atoms with Gasteiger partial charge < -0.3 is 24.4 Å². The summed E-state index contributed by atoms with van der Waals surface area (Å²) in [6, 6.07) is 4.52. The van der Waals surface area contributed by atoms with Crippen LogP contribution in [0.25, 0.3) is 0 Å². The number of nitrogens with zero attached hydrogens (tertiary/aromatic N) is 2. The van der Waals surface area contributed by atoms with E-state index in [1.165, 1.54) is 31.0 Å². The van der Waals surface area contributed by atoms with Crippen molar-refractivity contribution in [2.75, 3.05) is 40.0 Å². The van der Waals surface area contributed by atoms with Crippen molar-refractivity contribution in [3.05, 3.63) is 41.1 Å². The largest absolute Gasteiger partial charge is 0.428 e. The van der Waals surface area contributed by atoms with Crippen LogP contribution in [0.3, 0.4) is 0 Å². The number of methoxy groups -OCH3 is 1. The average Bonchev–Trinajstić information content (AvgIpc) is 2.97. The predicted molar refractivity (Wildman–Crippen MR) is 145 cm³/mol. The van der Waals surface area contributed by atoms with E-state index in [1.54, 1.807) is 26.0 Å². The highest BCUT2D eigenvalue weighted by Gasteiger charge is 2.55. The van der Waals surface area contributed by atoms with E-state index >= 15 is 0 Å². The summed E-state index contributed by atoms with van der Waals surface area (Å²) in [6.45, 7) is 1.62. The molecule has 0 spiro atoms. The molecule has 2 atom stereocenters. The summed E-state index contributed by atoms with van der Waals surface area (Å²) in [6.07, 6.45) is 0.0748. The Morgan fingerprint density at radius 2 is 1.81 bits per heavy atom. The molecule has 3 rings (SSSR count). The Balaban J connectivity index is 1.69. The van der Waals surface area contributed by atoms with Gasteiger partial charge in [0.05, 0.1) is 11.5 Å². The minimum Gasteiger partial charge on any atom is -0.428 e. The van der Waals surface area contributed by atoms with E-state index in [0.29, 0.717) is 5.57 Å². The number of carbonyl (C=O) groups excluding carboxylic acids is 5. The molecule has 228 valence electrons. The van der Waals surface area contributed by atoms with E-state index in [4.69, 9.17) is 18.4 Å². The molecule has 15 nitrogen and oxygen atoms in total. The molecule has 1 fully saturated rings. The number of hydrogen-bond acceptors (Lipinski definition) is 14. The van der Waals surface area contributed by atoms with Gasteiger partial charge in [0.15, 0.2) is 0 Å². The van der Waals surface area contributed by atoms with Gasteiger partial charge in [0.25, 0.3) is 21.9 Å². The number of Topliss-reactive ketones (excluding diaryl/α,β-unsaturated/α-hetero) is 1. The number of β-lactam (4-membered cyclic amide) rings is 1. The Kier molecular flexibility index (Phi) is 11.2. The molecule has 1 aromatic carbocycles. The molecule has 1 saturated heterocycles. The summed E-state index contributed by atoms with van der Waals surface area (Å²) in [5.74, 6) is -4.24. The number of fused-ring (bicyclic) bond motifs is 1. The van der Waals surface area contributed by atoms with Crippen LogP contribution in [0.15, 0.2) is 45.6 Å². The fourth-order valence-electron chi connectivity index (χ4n) is 3.77. The first-order valence-electron chi connectivity index (χ1n) is 12.3. The second-order valence-electron chi connectivity index (χ2n) is 8.74. The number of carbonyl (C=O) groups is 5. The van der Waals surface area contributed by atoms with Crippen molar-refractivity contribution in [3.63, 3.8) is 0 Å². The molecule has 1 unspecified atom stereocenters. The summed E-state index contributed by atoms with van der Waals surface area (Å²) in [7, 11) is -1.86. The van der Waals surface area contributed by atoms with Gasteiger partial charge in [-0.1, -0.05) is 29.8 Å². The van der Waals surface area contributed by atoms with Crippen molar-refractivity contribution >= 4 is 57.1 Å². The lowest BCUT2D eigenvalue weighted by atomic mass is 10.0. The van der Waals surface area contributed by atoms with Crippen LogP contribution in [0.4, 0.5) is 0 Å². The first kappa shape index (κ1) is 32.7. The minimum atomic E-state index is -4.32. The quantitative estimate of drug-likeness (QED) is 0.0553. The van der Waals surface area contributed by atoms with Crippen molar-refractivity contribution in [3.8, 4) is 0 Å². The smallest absolute Gasteiger partial charge is 0.358 e. The normalized spacial score (nSPS) is 18.5. The highest BCUT2D eigenvalue weighted by atomic mass is 32.2. The number of benzene rings is 1. The monoisotopic (exact) mass is 627 g/mol. The molecular formula is C25H29N3O12S2. The maximum Gasteiger partial charge on any atom is 0.358 e. The lowest BCUT2D eigenvalue weighted by Crippen LogP contribution is -2.71. The van der Waals surface area contributed by atoms with Crippen LogP contribution < -0.4 is 5.32 Å². The van der Waals surface area contributed by atoms with Crippen LogP contribution in [-0.2, 0) is 57.3 Å². The van der Waals surface area contributed by atoms with Gasteiger partial charge in [0, 0.05) is 19.3 Å². The second kappa shape index (κ2) is 14.4. The van der Waals surface area contributed by atoms with Gasteiger partial charge in [-0.15, -0.1) is 11.8 Å². The Morgan fingerprint density at radius 1 is 1.12 bits per heavy atom. The summed E-state index contributed by atoms with van der Waals surface area (Å²) in [5.41, 5.74) is 0.299. The maximum absolute atomic E-state index is 13.1. The van der Waals surface area contributed by atoms with Crippen molar-refractivity contribution in [2.24, 2.45) is 5.16 Å². The van der Waals surface area contributed by atoms with E-state index in [0.717, 1.165) is 17.6 Å². The maximum atomic E-state index is 13.1. The molecule has 2 aliphatic heterocycles. The number of thioether (sulfide) groups is 1. The van der Waals surface area contributed by atoms with E-state index in [9.17, 15) is 32.4 Å². The summed E-state index contributed by atoms with van der Waals surface area (Å²) < 4.78 is 44.6. The lowest BCUT2D eigenvalue weighted by molar-refractivity contribution is -0.167. The molecule has 0 radical (unpaired) electrons. The third-order valence-corrected chi connectivity index (χ3v) is 8.48. The standard InChI is InChI=1S/C25H29N3O12S2/c1-5-18(30)38-13-39-25(33)21-15(10-36-3)12-41-24-20(23(32)28(21)24)26-22(31)19(27-37-4)17(29)11-40-42(34,35)16-8-6-14(2)7-9-16/h6-9,20,24H,5,10-13H2,1-4H3,(H,26,31)/t20?,24-/m0/s1. The molecule has 42 heavy (non-hydrogen) atoms. The Labute approximate surface area is 245 Å². The number of esters is 2. The number of ether oxygens (including phenoxy) is 3. The Hall–Kier alpha value is -3.80. The Morgan fingerprint density at radius 3 is 2.43 bits per heavy atom. The molecule has 17 heteroatoms. The van der Waals surface area contributed by atoms with Gasteiger partial charge in [-0.25, -0.2) is 4.79 Å². The van der Waals surface area contributed by atoms with Gasteiger partial charge in [-0.05, 0) is 24.6 Å². The molecule has 1 aromatic rings. The minimum absolute atomic E-state index is 0.00432. The summed E-state index contributed by atoms with van der Waals surface area (Å²) >= 11 is 1.21. The molecule has 1 N–H and O–H groups in total. The third kappa shape index (κ3) is 7.53. The number of aryl methyl sites for hydroxylation is 1. The van der Waals surface area contributed by atoms with Gasteiger partial charge >= 0.3 is 11.9 Å². The number of oxime groups is 1. The fourth-order valence-corrected chi connectivity index (χ4v) is 5.96. The van der Waals surface area contributed by atoms with Crippen LogP contribution in [0.5, 0.6) is 0 Å². The van der Waals surface area contributed by atoms with Crippen LogP contribution >= 0.6 is 11.8 Å². The molecular weight excluding hydrogens is 598 g/mol. The average molecular weight is 628 g/mol. The van der Waals surface area contributed by atoms with Crippen molar-refractivity contribution < 1.29 is 55.6 Å². The zero-order valence-corrected chi connectivity index (χ0v) is 24.7. The number of nitrogens with one attached hydrogen (secondary N) is 1. The topological polar surface area (TPSA) is 193 Å². The molecule has 2 heterocycles. The van der Waals surface area contributed by atoms with Crippen LogP contribution in [0, 0.1) is 6.92 Å².